The summed E-state index contributed by atoms with van der Waals surface area (Å²) in [7, 11) is 0. The quantitative estimate of drug-likeness (QED) is 0.821. The summed E-state index contributed by atoms with van der Waals surface area (Å²) in [5, 5.41) is 6.00. The molecule has 2 rings (SSSR count). The maximum atomic E-state index is 11.6. The highest BCUT2D eigenvalue weighted by molar-refractivity contribution is 6.04. The van der Waals surface area contributed by atoms with Crippen molar-refractivity contribution in [3.8, 4) is 5.75 Å². The van der Waals surface area contributed by atoms with E-state index in [1.165, 1.54) is 0 Å². The van der Waals surface area contributed by atoms with Crippen LogP contribution < -0.4 is 15.4 Å². The summed E-state index contributed by atoms with van der Waals surface area (Å²) in [4.78, 5) is 11.6. The lowest BCUT2D eigenvalue weighted by atomic mass is 10.1. The van der Waals surface area contributed by atoms with Crippen LogP contribution in [0.15, 0.2) is 18.2 Å². The Morgan fingerprint density at radius 1 is 1.44 bits per heavy atom. The Morgan fingerprint density at radius 3 is 3.00 bits per heavy atom. The van der Waals surface area contributed by atoms with E-state index in [0.717, 1.165) is 23.5 Å². The summed E-state index contributed by atoms with van der Waals surface area (Å²) < 4.78 is 5.58. The van der Waals surface area contributed by atoms with Gasteiger partial charge in [0.1, 0.15) is 17.5 Å². The number of benzene rings is 1. The van der Waals surface area contributed by atoms with Gasteiger partial charge in [-0.25, -0.2) is 0 Å². The van der Waals surface area contributed by atoms with Crippen molar-refractivity contribution >= 4 is 17.3 Å². The van der Waals surface area contributed by atoms with Crippen LogP contribution in [0.4, 0.5) is 11.4 Å². The van der Waals surface area contributed by atoms with Gasteiger partial charge in [0.25, 0.3) is 0 Å². The molecule has 1 aliphatic rings. The predicted octanol–water partition coefficient (Wildman–Crippen LogP) is 2.23. The molecule has 16 heavy (non-hydrogen) atoms. The summed E-state index contributed by atoms with van der Waals surface area (Å²) >= 11 is 0. The fraction of sp³-hybridized carbons (Fsp3) is 0.417. The SMILES string of the molecule is CCCOc1cccc2c1NC(=O)C(C)N2. The van der Waals surface area contributed by atoms with Crippen LogP contribution in [0.25, 0.3) is 0 Å². The van der Waals surface area contributed by atoms with E-state index < -0.39 is 0 Å². The number of rotatable bonds is 3. The van der Waals surface area contributed by atoms with Gasteiger partial charge in [0, 0.05) is 0 Å². The van der Waals surface area contributed by atoms with Crippen LogP contribution in [0.3, 0.4) is 0 Å². The van der Waals surface area contributed by atoms with E-state index in [-0.39, 0.29) is 11.9 Å². The van der Waals surface area contributed by atoms with Crippen molar-refractivity contribution in [3.63, 3.8) is 0 Å². The molecule has 1 unspecified atom stereocenters. The molecule has 4 nitrogen and oxygen atoms in total. The Labute approximate surface area is 95.0 Å². The fourth-order valence-corrected chi connectivity index (χ4v) is 1.64. The minimum atomic E-state index is -0.200. The summed E-state index contributed by atoms with van der Waals surface area (Å²) in [6.07, 6.45) is 0.946. The highest BCUT2D eigenvalue weighted by atomic mass is 16.5. The van der Waals surface area contributed by atoms with Crippen LogP contribution in [0.1, 0.15) is 20.3 Å². The Morgan fingerprint density at radius 2 is 2.25 bits per heavy atom. The Kier molecular flexibility index (Phi) is 2.99. The van der Waals surface area contributed by atoms with Crippen LogP contribution in [0.2, 0.25) is 0 Å². The number of anilines is 2. The molecule has 1 aromatic rings. The molecule has 0 radical (unpaired) electrons. The number of para-hydroxylation sites is 1. The topological polar surface area (TPSA) is 50.4 Å². The van der Waals surface area contributed by atoms with E-state index >= 15 is 0 Å². The first kappa shape index (κ1) is 10.8. The van der Waals surface area contributed by atoms with Gasteiger partial charge in [-0.05, 0) is 25.5 Å². The molecule has 1 atom stereocenters. The number of hydrogen-bond acceptors (Lipinski definition) is 3. The Bertz CT molecular complexity index is 404. The number of hydrogen-bond donors (Lipinski definition) is 2. The smallest absolute Gasteiger partial charge is 0.246 e. The van der Waals surface area contributed by atoms with Crippen molar-refractivity contribution in [2.45, 2.75) is 26.3 Å². The van der Waals surface area contributed by atoms with Crippen LogP contribution in [0.5, 0.6) is 5.75 Å². The highest BCUT2D eigenvalue weighted by Gasteiger charge is 2.23. The number of ether oxygens (including phenoxy) is 1. The second kappa shape index (κ2) is 4.43. The first-order chi connectivity index (χ1) is 7.72. The summed E-state index contributed by atoms with van der Waals surface area (Å²) in [6, 6.07) is 5.52. The third-order valence-electron chi connectivity index (χ3n) is 2.50. The fourth-order valence-electron chi connectivity index (χ4n) is 1.64. The van der Waals surface area contributed by atoms with Crippen molar-refractivity contribution < 1.29 is 9.53 Å². The zero-order valence-electron chi connectivity index (χ0n) is 9.54. The predicted molar refractivity (Wildman–Crippen MR) is 63.9 cm³/mol. The van der Waals surface area contributed by atoms with Crippen molar-refractivity contribution in [2.75, 3.05) is 17.2 Å². The second-order valence-electron chi connectivity index (χ2n) is 3.88. The average molecular weight is 220 g/mol. The molecule has 1 amide bonds. The molecule has 0 saturated carbocycles. The summed E-state index contributed by atoms with van der Waals surface area (Å²) in [5.74, 6) is 0.701. The number of nitrogens with one attached hydrogen (secondary N) is 2. The Balaban J connectivity index is 2.29. The van der Waals surface area contributed by atoms with Crippen LogP contribution >= 0.6 is 0 Å². The van der Waals surface area contributed by atoms with Crippen molar-refractivity contribution in [2.24, 2.45) is 0 Å². The van der Waals surface area contributed by atoms with Crippen molar-refractivity contribution in [1.82, 2.24) is 0 Å². The minimum absolute atomic E-state index is 0.0277. The van der Waals surface area contributed by atoms with Gasteiger partial charge >= 0.3 is 0 Å². The van der Waals surface area contributed by atoms with E-state index in [1.54, 1.807) is 0 Å². The number of carbonyl (C=O) groups excluding carboxylic acids is 1. The van der Waals surface area contributed by atoms with Crippen LogP contribution in [-0.2, 0) is 4.79 Å². The van der Waals surface area contributed by atoms with E-state index in [4.69, 9.17) is 4.74 Å². The van der Waals surface area contributed by atoms with Gasteiger partial charge in [0.15, 0.2) is 0 Å². The molecule has 0 aliphatic carbocycles. The van der Waals surface area contributed by atoms with E-state index in [2.05, 4.69) is 10.6 Å². The summed E-state index contributed by atoms with van der Waals surface area (Å²) in [5.41, 5.74) is 1.67. The molecule has 1 aliphatic heterocycles. The molecule has 86 valence electrons. The Hall–Kier alpha value is -1.71. The zero-order valence-corrected chi connectivity index (χ0v) is 9.54. The maximum absolute atomic E-state index is 11.6. The van der Waals surface area contributed by atoms with E-state index in [0.29, 0.717) is 6.61 Å². The van der Waals surface area contributed by atoms with E-state index in [9.17, 15) is 4.79 Å². The monoisotopic (exact) mass is 220 g/mol. The number of carbonyl (C=O) groups is 1. The van der Waals surface area contributed by atoms with E-state index in [1.807, 2.05) is 32.0 Å². The van der Waals surface area contributed by atoms with Crippen molar-refractivity contribution in [1.29, 1.82) is 0 Å². The molecule has 2 N–H and O–H groups in total. The summed E-state index contributed by atoms with van der Waals surface area (Å²) in [6.45, 7) is 4.54. The molecule has 0 spiro atoms. The zero-order chi connectivity index (χ0) is 11.5. The normalized spacial score (nSPS) is 18.4. The largest absolute Gasteiger partial charge is 0.491 e. The van der Waals surface area contributed by atoms with Gasteiger partial charge in [-0.2, -0.15) is 0 Å². The second-order valence-corrected chi connectivity index (χ2v) is 3.88. The van der Waals surface area contributed by atoms with Gasteiger partial charge in [-0.15, -0.1) is 0 Å². The van der Waals surface area contributed by atoms with Crippen LogP contribution in [-0.4, -0.2) is 18.6 Å². The molecule has 0 bridgehead atoms. The number of amides is 1. The molecule has 1 heterocycles. The lowest BCUT2D eigenvalue weighted by Crippen LogP contribution is -2.36. The lowest BCUT2D eigenvalue weighted by molar-refractivity contribution is -0.116. The minimum Gasteiger partial charge on any atom is -0.491 e. The lowest BCUT2D eigenvalue weighted by Gasteiger charge is -2.25. The molecular formula is C12H16N2O2. The first-order valence-electron chi connectivity index (χ1n) is 5.55. The third-order valence-corrected chi connectivity index (χ3v) is 2.50. The van der Waals surface area contributed by atoms with Crippen molar-refractivity contribution in [3.05, 3.63) is 18.2 Å². The third kappa shape index (κ3) is 1.96. The highest BCUT2D eigenvalue weighted by Crippen LogP contribution is 2.35. The van der Waals surface area contributed by atoms with Gasteiger partial charge in [-0.1, -0.05) is 13.0 Å². The van der Waals surface area contributed by atoms with Gasteiger partial charge in [0.05, 0.1) is 12.3 Å². The number of fused-ring (bicyclic) bond motifs is 1. The first-order valence-corrected chi connectivity index (χ1v) is 5.55. The maximum Gasteiger partial charge on any atom is 0.246 e. The van der Waals surface area contributed by atoms with Gasteiger partial charge < -0.3 is 15.4 Å². The average Bonchev–Trinajstić information content (AvgIpc) is 2.28. The molecule has 0 fully saturated rings. The van der Waals surface area contributed by atoms with Gasteiger partial charge in [-0.3, -0.25) is 4.79 Å². The molecule has 0 aromatic heterocycles. The standard InChI is InChI=1S/C12H16N2O2/c1-3-7-16-10-6-4-5-9-11(10)14-12(15)8(2)13-9/h4-6,8,13H,3,7H2,1-2H3,(H,14,15). The molecule has 4 heteroatoms. The molecule has 0 saturated heterocycles. The van der Waals surface area contributed by atoms with Gasteiger partial charge in [0.2, 0.25) is 5.91 Å². The molecule has 1 aromatic carbocycles. The van der Waals surface area contributed by atoms with Crippen LogP contribution in [0, 0.1) is 0 Å². The molecular weight excluding hydrogens is 204 g/mol.